The van der Waals surface area contributed by atoms with E-state index in [9.17, 15) is 13.2 Å². The number of hydrogen-bond donors (Lipinski definition) is 1. The molecule has 0 radical (unpaired) electrons. The quantitative estimate of drug-likeness (QED) is 0.916. The second kappa shape index (κ2) is 6.27. The Labute approximate surface area is 116 Å². The van der Waals surface area contributed by atoms with Gasteiger partial charge in [0.25, 0.3) is 0 Å². The summed E-state index contributed by atoms with van der Waals surface area (Å²) in [6.45, 7) is 0.368. The van der Waals surface area contributed by atoms with E-state index in [4.69, 9.17) is 5.26 Å². The highest BCUT2D eigenvalue weighted by molar-refractivity contribution is 5.32. The first kappa shape index (κ1) is 14.9. The van der Waals surface area contributed by atoms with Crippen LogP contribution in [0.4, 0.5) is 13.2 Å². The Bertz CT molecular complexity index is 491. The number of nitriles is 1. The number of rotatable bonds is 3. The van der Waals surface area contributed by atoms with Crippen molar-refractivity contribution in [1.29, 1.82) is 5.26 Å². The van der Waals surface area contributed by atoms with Crippen molar-refractivity contribution in [3.8, 4) is 6.07 Å². The number of alkyl halides is 3. The van der Waals surface area contributed by atoms with Crippen LogP contribution in [0.25, 0.3) is 0 Å². The molecular formula is C15H17F3N2. The number of halogens is 3. The van der Waals surface area contributed by atoms with Gasteiger partial charge < -0.3 is 5.32 Å². The largest absolute Gasteiger partial charge is 0.393 e. The Balaban J connectivity index is 1.99. The maximum Gasteiger partial charge on any atom is 0.393 e. The van der Waals surface area contributed by atoms with Crippen LogP contribution in [0.3, 0.4) is 0 Å². The molecule has 0 bridgehead atoms. The summed E-state index contributed by atoms with van der Waals surface area (Å²) in [4.78, 5) is 0. The summed E-state index contributed by atoms with van der Waals surface area (Å²) in [6.07, 6.45) is -1.89. The van der Waals surface area contributed by atoms with Crippen LogP contribution in [0.15, 0.2) is 24.3 Å². The molecule has 0 heterocycles. The minimum Gasteiger partial charge on any atom is -0.309 e. The maximum absolute atomic E-state index is 13.0. The fourth-order valence-electron chi connectivity index (χ4n) is 2.77. The number of benzene rings is 1. The molecule has 1 fully saturated rings. The van der Waals surface area contributed by atoms with Crippen LogP contribution in [0.2, 0.25) is 0 Å². The molecule has 0 spiro atoms. The number of nitrogens with zero attached hydrogens (tertiary/aromatic N) is 1. The van der Waals surface area contributed by atoms with E-state index in [2.05, 4.69) is 5.32 Å². The van der Waals surface area contributed by atoms with E-state index in [1.165, 1.54) is 0 Å². The molecule has 0 aliphatic heterocycles. The lowest BCUT2D eigenvalue weighted by molar-refractivity contribution is -0.189. The van der Waals surface area contributed by atoms with Gasteiger partial charge in [0, 0.05) is 12.6 Å². The van der Waals surface area contributed by atoms with Gasteiger partial charge in [-0.2, -0.15) is 18.4 Å². The lowest BCUT2D eigenvalue weighted by atomic mass is 9.84. The van der Waals surface area contributed by atoms with Gasteiger partial charge in [-0.1, -0.05) is 25.0 Å². The molecule has 0 aromatic heterocycles. The van der Waals surface area contributed by atoms with Crippen molar-refractivity contribution >= 4 is 0 Å². The van der Waals surface area contributed by atoms with E-state index in [0.717, 1.165) is 12.0 Å². The molecule has 2 rings (SSSR count). The average molecular weight is 282 g/mol. The molecule has 2 nitrogen and oxygen atoms in total. The molecule has 1 aromatic carbocycles. The highest BCUT2D eigenvalue weighted by Gasteiger charge is 2.45. The fraction of sp³-hybridized carbons (Fsp3) is 0.533. The molecule has 5 heteroatoms. The van der Waals surface area contributed by atoms with Gasteiger partial charge in [0.15, 0.2) is 0 Å². The smallest absolute Gasteiger partial charge is 0.309 e. The van der Waals surface area contributed by atoms with Gasteiger partial charge in [0.1, 0.15) is 0 Å². The van der Waals surface area contributed by atoms with Gasteiger partial charge in [-0.15, -0.1) is 0 Å². The molecular weight excluding hydrogens is 265 g/mol. The monoisotopic (exact) mass is 282 g/mol. The zero-order chi connectivity index (χ0) is 14.6. The lowest BCUT2D eigenvalue weighted by Gasteiger charge is -2.33. The van der Waals surface area contributed by atoms with Gasteiger partial charge >= 0.3 is 6.18 Å². The Morgan fingerprint density at radius 3 is 2.70 bits per heavy atom. The van der Waals surface area contributed by atoms with Crippen LogP contribution in [-0.2, 0) is 6.54 Å². The second-order valence-corrected chi connectivity index (χ2v) is 5.23. The molecule has 108 valence electrons. The summed E-state index contributed by atoms with van der Waals surface area (Å²) < 4.78 is 38.9. The van der Waals surface area contributed by atoms with Gasteiger partial charge in [-0.05, 0) is 30.5 Å². The Morgan fingerprint density at radius 2 is 2.00 bits per heavy atom. The van der Waals surface area contributed by atoms with Crippen molar-refractivity contribution in [3.63, 3.8) is 0 Å². The summed E-state index contributed by atoms with van der Waals surface area (Å²) in [5.41, 5.74) is 1.37. The van der Waals surface area contributed by atoms with Crippen molar-refractivity contribution in [1.82, 2.24) is 5.32 Å². The third-order valence-electron chi connectivity index (χ3n) is 3.81. The van der Waals surface area contributed by atoms with Gasteiger partial charge in [-0.3, -0.25) is 0 Å². The minimum absolute atomic E-state index is 0.208. The highest BCUT2D eigenvalue weighted by atomic mass is 19.4. The summed E-state index contributed by atoms with van der Waals surface area (Å²) >= 11 is 0. The number of hydrogen-bond acceptors (Lipinski definition) is 2. The first-order chi connectivity index (χ1) is 9.50. The van der Waals surface area contributed by atoms with E-state index in [0.29, 0.717) is 24.9 Å². The predicted molar refractivity (Wildman–Crippen MR) is 69.8 cm³/mol. The first-order valence-electron chi connectivity index (χ1n) is 6.80. The van der Waals surface area contributed by atoms with Gasteiger partial charge in [-0.25, -0.2) is 0 Å². The molecule has 1 N–H and O–H groups in total. The standard InChI is InChI=1S/C15H17F3N2/c16-15(17,18)13-6-1-2-7-14(13)20-10-12-5-3-4-11(8-12)9-19/h3-5,8,13-14,20H,1-2,6-7,10H2. The summed E-state index contributed by atoms with van der Waals surface area (Å²) in [5, 5.41) is 11.8. The molecule has 1 aliphatic carbocycles. The molecule has 0 saturated heterocycles. The number of nitrogens with one attached hydrogen (secondary N) is 1. The van der Waals surface area contributed by atoms with Gasteiger partial charge in [0.05, 0.1) is 17.6 Å². The normalized spacial score (nSPS) is 23.3. The zero-order valence-corrected chi connectivity index (χ0v) is 11.1. The first-order valence-corrected chi connectivity index (χ1v) is 6.80. The Kier molecular flexibility index (Phi) is 4.66. The minimum atomic E-state index is -4.13. The predicted octanol–water partition coefficient (Wildman–Crippen LogP) is 3.77. The summed E-state index contributed by atoms with van der Waals surface area (Å²) in [7, 11) is 0. The average Bonchev–Trinajstić information content (AvgIpc) is 2.44. The molecule has 0 amide bonds. The molecule has 1 aromatic rings. The van der Waals surface area contributed by atoms with E-state index in [-0.39, 0.29) is 6.42 Å². The Hall–Kier alpha value is -1.54. The summed E-state index contributed by atoms with van der Waals surface area (Å²) in [5.74, 6) is -1.25. The van der Waals surface area contributed by atoms with Crippen LogP contribution in [0, 0.1) is 17.2 Å². The van der Waals surface area contributed by atoms with Crippen molar-refractivity contribution in [3.05, 3.63) is 35.4 Å². The molecule has 1 aliphatic rings. The second-order valence-electron chi connectivity index (χ2n) is 5.23. The topological polar surface area (TPSA) is 35.8 Å². The maximum atomic E-state index is 13.0. The van der Waals surface area contributed by atoms with Crippen LogP contribution in [-0.4, -0.2) is 12.2 Å². The third kappa shape index (κ3) is 3.73. The van der Waals surface area contributed by atoms with Crippen molar-refractivity contribution in [2.24, 2.45) is 5.92 Å². The van der Waals surface area contributed by atoms with Crippen molar-refractivity contribution < 1.29 is 13.2 Å². The zero-order valence-electron chi connectivity index (χ0n) is 11.1. The van der Waals surface area contributed by atoms with Crippen LogP contribution < -0.4 is 5.32 Å². The molecule has 2 unspecified atom stereocenters. The molecule has 2 atom stereocenters. The Morgan fingerprint density at radius 1 is 1.25 bits per heavy atom. The van der Waals surface area contributed by atoms with Crippen molar-refractivity contribution in [2.75, 3.05) is 0 Å². The fourth-order valence-corrected chi connectivity index (χ4v) is 2.77. The van der Waals surface area contributed by atoms with E-state index in [1.807, 2.05) is 12.1 Å². The molecule has 1 saturated carbocycles. The van der Waals surface area contributed by atoms with Crippen LogP contribution in [0.5, 0.6) is 0 Å². The summed E-state index contributed by atoms with van der Waals surface area (Å²) in [6, 6.07) is 8.47. The van der Waals surface area contributed by atoms with Crippen LogP contribution >= 0.6 is 0 Å². The van der Waals surface area contributed by atoms with E-state index >= 15 is 0 Å². The molecule has 20 heavy (non-hydrogen) atoms. The SMILES string of the molecule is N#Cc1cccc(CNC2CCCCC2C(F)(F)F)c1. The third-order valence-corrected chi connectivity index (χ3v) is 3.81. The van der Waals surface area contributed by atoms with Crippen LogP contribution in [0.1, 0.15) is 36.8 Å². The lowest BCUT2D eigenvalue weighted by Crippen LogP contribution is -2.45. The highest BCUT2D eigenvalue weighted by Crippen LogP contribution is 2.37. The van der Waals surface area contributed by atoms with E-state index < -0.39 is 18.1 Å². The van der Waals surface area contributed by atoms with Gasteiger partial charge in [0.2, 0.25) is 0 Å². The van der Waals surface area contributed by atoms with E-state index in [1.54, 1.807) is 18.2 Å². The van der Waals surface area contributed by atoms with Crippen molar-refractivity contribution in [2.45, 2.75) is 44.4 Å².